The number of fused-ring (bicyclic) bond motifs is 5. The molecule has 3 N–H and O–H groups in total. The standard InChI is InChI=1S/C10H8N2O2/c13-10(14)5-1-6-7(2-5)9-4-11-3-8(6)12-9/h1-3,11-12H,4H2,(H,13,14). The summed E-state index contributed by atoms with van der Waals surface area (Å²) in [6, 6.07) is 0. The van der Waals surface area contributed by atoms with Crippen molar-refractivity contribution < 1.29 is 9.90 Å². The zero-order valence-corrected chi connectivity index (χ0v) is 7.29. The Morgan fingerprint density at radius 3 is 3.07 bits per heavy atom. The molecule has 0 unspecified atom stereocenters. The zero-order valence-electron chi connectivity index (χ0n) is 7.29. The summed E-state index contributed by atoms with van der Waals surface area (Å²) in [5.74, 6) is -0.869. The summed E-state index contributed by atoms with van der Waals surface area (Å²) < 4.78 is 0. The molecule has 1 aromatic heterocycles. The summed E-state index contributed by atoms with van der Waals surface area (Å²) in [6.07, 6.45) is 5.30. The number of nitrogens with one attached hydrogen (secondary N) is 2. The van der Waals surface area contributed by atoms with Crippen LogP contribution in [0.1, 0.15) is 11.3 Å². The summed E-state index contributed by atoms with van der Waals surface area (Å²) in [5, 5.41) is 13.9. The van der Waals surface area contributed by atoms with Crippen molar-refractivity contribution in [3.8, 4) is 0 Å². The lowest BCUT2D eigenvalue weighted by molar-refractivity contribution is -0.132. The van der Waals surface area contributed by atoms with Gasteiger partial charge in [-0.3, -0.25) is 0 Å². The molecule has 2 aliphatic rings. The van der Waals surface area contributed by atoms with Crippen LogP contribution in [-0.4, -0.2) is 16.1 Å². The lowest BCUT2D eigenvalue weighted by atomic mass is 10.2. The zero-order chi connectivity index (χ0) is 9.71. The van der Waals surface area contributed by atoms with Gasteiger partial charge < -0.3 is 15.4 Å². The minimum absolute atomic E-state index is 0.363. The van der Waals surface area contributed by atoms with Gasteiger partial charge in [0.1, 0.15) is 0 Å². The predicted octanol–water partition coefficient (Wildman–Crippen LogP) is -0.882. The summed E-state index contributed by atoms with van der Waals surface area (Å²) >= 11 is 0. The van der Waals surface area contributed by atoms with Gasteiger partial charge in [0, 0.05) is 22.7 Å². The number of hydrogen-bond acceptors (Lipinski definition) is 2. The van der Waals surface area contributed by atoms with Crippen LogP contribution in [0.2, 0.25) is 0 Å². The Labute approximate surface area is 79.3 Å². The molecule has 0 saturated carbocycles. The van der Waals surface area contributed by atoms with Crippen LogP contribution in [0.5, 0.6) is 0 Å². The first-order valence-electron chi connectivity index (χ1n) is 4.37. The summed E-state index contributed by atoms with van der Waals surface area (Å²) in [4.78, 5) is 14.0. The molecule has 4 nitrogen and oxygen atoms in total. The van der Waals surface area contributed by atoms with Crippen molar-refractivity contribution in [2.24, 2.45) is 0 Å². The van der Waals surface area contributed by atoms with Crippen molar-refractivity contribution in [3.63, 3.8) is 0 Å². The second kappa shape index (κ2) is 2.29. The van der Waals surface area contributed by atoms with Crippen molar-refractivity contribution in [1.29, 1.82) is 0 Å². The number of rotatable bonds is 1. The Morgan fingerprint density at radius 1 is 1.43 bits per heavy atom. The molecular weight excluding hydrogens is 180 g/mol. The minimum atomic E-state index is -0.869. The second-order valence-electron chi connectivity index (χ2n) is 3.42. The Kier molecular flexibility index (Phi) is 1.21. The smallest absolute Gasteiger partial charge is 0.335 e. The van der Waals surface area contributed by atoms with Crippen molar-refractivity contribution in [3.05, 3.63) is 27.4 Å². The van der Waals surface area contributed by atoms with Gasteiger partial charge in [-0.1, -0.05) is 0 Å². The predicted molar refractivity (Wildman–Crippen MR) is 51.4 cm³/mol. The van der Waals surface area contributed by atoms with E-state index in [0.29, 0.717) is 5.57 Å². The third kappa shape index (κ3) is 0.797. The first-order valence-corrected chi connectivity index (χ1v) is 4.37. The van der Waals surface area contributed by atoms with Crippen molar-refractivity contribution in [1.82, 2.24) is 10.3 Å². The van der Waals surface area contributed by atoms with Crippen LogP contribution in [0.4, 0.5) is 0 Å². The lowest BCUT2D eigenvalue weighted by Gasteiger charge is -2.02. The SMILES string of the molecule is O=C(O)C1=Cc2c3[nH]c(c2=C1)=CNC3. The molecule has 0 spiro atoms. The molecule has 0 radical (unpaired) electrons. The molecule has 0 atom stereocenters. The molecule has 70 valence electrons. The third-order valence-electron chi connectivity index (χ3n) is 2.56. The quantitative estimate of drug-likeness (QED) is 0.536. The molecule has 1 aromatic rings. The van der Waals surface area contributed by atoms with Gasteiger partial charge in [0.2, 0.25) is 0 Å². The Balaban J connectivity index is 2.32. The van der Waals surface area contributed by atoms with Gasteiger partial charge >= 0.3 is 5.97 Å². The van der Waals surface area contributed by atoms with Gasteiger partial charge in [-0.2, -0.15) is 0 Å². The van der Waals surface area contributed by atoms with E-state index < -0.39 is 5.97 Å². The molecule has 1 aliphatic carbocycles. The Bertz CT molecular complexity index is 578. The number of carboxylic acid groups (broad SMARTS) is 1. The van der Waals surface area contributed by atoms with Crippen molar-refractivity contribution in [2.75, 3.05) is 0 Å². The van der Waals surface area contributed by atoms with E-state index in [1.807, 2.05) is 6.20 Å². The van der Waals surface area contributed by atoms with Crippen LogP contribution in [0.25, 0.3) is 18.4 Å². The molecule has 0 amide bonds. The van der Waals surface area contributed by atoms with Gasteiger partial charge in [0.25, 0.3) is 0 Å². The maximum atomic E-state index is 10.8. The fraction of sp³-hybridized carbons (Fsp3) is 0.100. The Morgan fingerprint density at radius 2 is 2.29 bits per heavy atom. The van der Waals surface area contributed by atoms with Gasteiger partial charge in [0.05, 0.1) is 17.5 Å². The van der Waals surface area contributed by atoms with E-state index in [-0.39, 0.29) is 0 Å². The van der Waals surface area contributed by atoms with E-state index >= 15 is 0 Å². The largest absolute Gasteiger partial charge is 0.478 e. The highest BCUT2D eigenvalue weighted by molar-refractivity contribution is 6.03. The molecule has 0 aromatic carbocycles. The second-order valence-corrected chi connectivity index (χ2v) is 3.42. The first-order chi connectivity index (χ1) is 6.75. The van der Waals surface area contributed by atoms with Gasteiger partial charge in [-0.25, -0.2) is 4.79 Å². The number of carbonyl (C=O) groups is 1. The Hall–Kier alpha value is -1.97. The van der Waals surface area contributed by atoms with Crippen molar-refractivity contribution in [2.45, 2.75) is 6.54 Å². The molecule has 2 bridgehead atoms. The maximum Gasteiger partial charge on any atom is 0.335 e. The molecule has 0 fully saturated rings. The first kappa shape index (κ1) is 7.44. The van der Waals surface area contributed by atoms with Crippen LogP contribution < -0.4 is 15.9 Å². The molecule has 14 heavy (non-hydrogen) atoms. The topological polar surface area (TPSA) is 65.1 Å². The average molecular weight is 188 g/mol. The highest BCUT2D eigenvalue weighted by Gasteiger charge is 2.17. The summed E-state index contributed by atoms with van der Waals surface area (Å²) in [5.41, 5.74) is 2.44. The van der Waals surface area contributed by atoms with Crippen LogP contribution in [0.3, 0.4) is 0 Å². The van der Waals surface area contributed by atoms with E-state index in [1.54, 1.807) is 12.2 Å². The molecular formula is C10H8N2O2. The summed E-state index contributed by atoms with van der Waals surface area (Å²) in [7, 11) is 0. The highest BCUT2D eigenvalue weighted by atomic mass is 16.4. The maximum absolute atomic E-state index is 10.8. The van der Waals surface area contributed by atoms with Gasteiger partial charge in [-0.05, 0) is 12.2 Å². The third-order valence-corrected chi connectivity index (χ3v) is 2.56. The number of hydrogen-bond donors (Lipinski definition) is 3. The number of aromatic amines is 1. The molecule has 3 rings (SSSR count). The van der Waals surface area contributed by atoms with Crippen LogP contribution in [0, 0.1) is 0 Å². The summed E-state index contributed by atoms with van der Waals surface area (Å²) in [6.45, 7) is 0.736. The van der Waals surface area contributed by atoms with E-state index in [4.69, 9.17) is 5.11 Å². The van der Waals surface area contributed by atoms with Crippen molar-refractivity contribution >= 4 is 24.3 Å². The number of aliphatic carboxylic acids is 1. The van der Waals surface area contributed by atoms with Gasteiger partial charge in [0.15, 0.2) is 0 Å². The van der Waals surface area contributed by atoms with Crippen LogP contribution in [-0.2, 0) is 11.3 Å². The lowest BCUT2D eigenvalue weighted by Crippen LogP contribution is -2.27. The fourth-order valence-corrected chi connectivity index (χ4v) is 1.91. The van der Waals surface area contributed by atoms with Crippen LogP contribution in [0.15, 0.2) is 5.57 Å². The number of H-pyrrole nitrogens is 1. The monoisotopic (exact) mass is 188 g/mol. The minimum Gasteiger partial charge on any atom is -0.478 e. The molecule has 2 heterocycles. The fourth-order valence-electron chi connectivity index (χ4n) is 1.91. The molecule has 1 aliphatic heterocycles. The highest BCUT2D eigenvalue weighted by Crippen LogP contribution is 2.14. The van der Waals surface area contributed by atoms with E-state index in [0.717, 1.165) is 28.4 Å². The molecule has 0 saturated heterocycles. The van der Waals surface area contributed by atoms with Gasteiger partial charge in [-0.15, -0.1) is 0 Å². The van der Waals surface area contributed by atoms with E-state index in [1.165, 1.54) is 0 Å². The van der Waals surface area contributed by atoms with E-state index in [9.17, 15) is 4.79 Å². The average Bonchev–Trinajstić information content (AvgIpc) is 2.69. The normalized spacial score (nSPS) is 16.1. The van der Waals surface area contributed by atoms with E-state index in [2.05, 4.69) is 10.3 Å². The number of carboxylic acids is 1. The molecule has 4 heteroatoms. The number of aromatic nitrogens is 1. The van der Waals surface area contributed by atoms with Crippen LogP contribution >= 0.6 is 0 Å².